The van der Waals surface area contributed by atoms with Crippen LogP contribution in [-0.2, 0) is 23.6 Å². The second-order valence-corrected chi connectivity index (χ2v) is 10.7. The fraction of sp³-hybridized carbons (Fsp3) is 0.360. The van der Waals surface area contributed by atoms with Gasteiger partial charge in [-0.2, -0.15) is 4.31 Å². The molecule has 1 aliphatic rings. The number of piperidine rings is 1. The van der Waals surface area contributed by atoms with Crippen molar-refractivity contribution in [1.29, 1.82) is 0 Å². The highest BCUT2D eigenvalue weighted by atomic mass is 32.2. The van der Waals surface area contributed by atoms with Crippen LogP contribution in [-0.4, -0.2) is 40.9 Å². The molecule has 1 aromatic carbocycles. The highest BCUT2D eigenvalue weighted by Gasteiger charge is 2.32. The number of benzene rings is 1. The molecular formula is C25H30N4O4S. The highest BCUT2D eigenvalue weighted by Crippen LogP contribution is 2.27. The minimum absolute atomic E-state index is 0.111. The average molecular weight is 483 g/mol. The summed E-state index contributed by atoms with van der Waals surface area (Å²) in [7, 11) is -2.00. The fourth-order valence-electron chi connectivity index (χ4n) is 4.32. The maximum absolute atomic E-state index is 13.3. The molecule has 0 aliphatic carbocycles. The van der Waals surface area contributed by atoms with Crippen molar-refractivity contribution in [3.63, 3.8) is 0 Å². The fourth-order valence-corrected chi connectivity index (χ4v) is 6.06. The normalized spacial score (nSPS) is 15.4. The van der Waals surface area contributed by atoms with Crippen molar-refractivity contribution >= 4 is 15.9 Å². The van der Waals surface area contributed by atoms with Crippen molar-refractivity contribution < 1.29 is 13.2 Å². The van der Waals surface area contributed by atoms with Crippen LogP contribution in [0.15, 0.2) is 64.3 Å². The van der Waals surface area contributed by atoms with Gasteiger partial charge in [0.1, 0.15) is 10.6 Å². The molecule has 180 valence electrons. The minimum atomic E-state index is -3.68. The molecule has 0 atom stereocenters. The van der Waals surface area contributed by atoms with Gasteiger partial charge >= 0.3 is 0 Å². The number of sulfonamides is 1. The third kappa shape index (κ3) is 4.58. The predicted molar refractivity (Wildman–Crippen MR) is 131 cm³/mol. The molecule has 8 nitrogen and oxygen atoms in total. The van der Waals surface area contributed by atoms with Crippen LogP contribution in [0, 0.1) is 12.8 Å². The molecule has 1 aliphatic heterocycles. The van der Waals surface area contributed by atoms with Crippen LogP contribution >= 0.6 is 0 Å². The van der Waals surface area contributed by atoms with E-state index in [9.17, 15) is 18.0 Å². The predicted octanol–water partition coefficient (Wildman–Crippen LogP) is 2.84. The summed E-state index contributed by atoms with van der Waals surface area (Å²) in [6.45, 7) is 4.93. The van der Waals surface area contributed by atoms with Gasteiger partial charge in [0.25, 0.3) is 11.5 Å². The molecule has 4 rings (SSSR count). The van der Waals surface area contributed by atoms with Gasteiger partial charge in [0.05, 0.1) is 6.54 Å². The van der Waals surface area contributed by atoms with Crippen molar-refractivity contribution in [2.45, 2.75) is 38.1 Å². The van der Waals surface area contributed by atoms with Crippen LogP contribution in [0.2, 0.25) is 0 Å². The Morgan fingerprint density at radius 1 is 1.06 bits per heavy atom. The topological polar surface area (TPSA) is 93.4 Å². The van der Waals surface area contributed by atoms with Crippen molar-refractivity contribution in [3.05, 3.63) is 82.0 Å². The number of carbonyl (C=O) groups is 1. The van der Waals surface area contributed by atoms with Gasteiger partial charge in [-0.3, -0.25) is 14.2 Å². The van der Waals surface area contributed by atoms with Gasteiger partial charge in [0.15, 0.2) is 0 Å². The average Bonchev–Trinajstić information content (AvgIpc) is 3.13. The second kappa shape index (κ2) is 9.60. The number of nitrogens with zero attached hydrogens (tertiary/aromatic N) is 3. The summed E-state index contributed by atoms with van der Waals surface area (Å²) < 4.78 is 31.2. The van der Waals surface area contributed by atoms with Crippen molar-refractivity contribution in [2.24, 2.45) is 13.0 Å². The Labute approximate surface area is 199 Å². The van der Waals surface area contributed by atoms with Crippen LogP contribution in [0.3, 0.4) is 0 Å². The van der Waals surface area contributed by atoms with E-state index in [0.29, 0.717) is 36.1 Å². The van der Waals surface area contributed by atoms with Gasteiger partial charge < -0.3 is 9.88 Å². The quantitative estimate of drug-likeness (QED) is 0.585. The number of carbonyl (C=O) groups excluding carboxylic acids is 1. The highest BCUT2D eigenvalue weighted by molar-refractivity contribution is 7.89. The Morgan fingerprint density at radius 3 is 2.41 bits per heavy atom. The molecule has 34 heavy (non-hydrogen) atoms. The van der Waals surface area contributed by atoms with E-state index in [-0.39, 0.29) is 22.7 Å². The summed E-state index contributed by atoms with van der Waals surface area (Å²) in [6.07, 6.45) is 1.66. The molecular weight excluding hydrogens is 452 g/mol. The molecule has 0 spiro atoms. The Bertz CT molecular complexity index is 1350. The zero-order chi connectivity index (χ0) is 24.5. The first-order valence-electron chi connectivity index (χ1n) is 11.4. The lowest BCUT2D eigenvalue weighted by Crippen LogP contribution is -2.38. The van der Waals surface area contributed by atoms with Crippen molar-refractivity contribution in [1.82, 2.24) is 18.8 Å². The summed E-state index contributed by atoms with van der Waals surface area (Å²) >= 11 is 0. The van der Waals surface area contributed by atoms with Gasteiger partial charge in [-0.05, 0) is 49.9 Å². The smallest absolute Gasteiger partial charge is 0.268 e. The first-order valence-corrected chi connectivity index (χ1v) is 12.8. The molecule has 0 bridgehead atoms. The molecule has 0 radical (unpaired) electrons. The molecule has 2 aromatic heterocycles. The van der Waals surface area contributed by atoms with E-state index in [1.54, 1.807) is 35.2 Å². The number of aromatic nitrogens is 2. The number of hydrogen-bond acceptors (Lipinski definition) is 4. The van der Waals surface area contributed by atoms with E-state index in [1.165, 1.54) is 16.4 Å². The lowest BCUT2D eigenvalue weighted by Gasteiger charge is -2.29. The van der Waals surface area contributed by atoms with Gasteiger partial charge in [-0.15, -0.1) is 0 Å². The molecule has 1 amide bonds. The van der Waals surface area contributed by atoms with E-state index in [4.69, 9.17) is 0 Å². The first kappa shape index (κ1) is 24.0. The number of pyridine rings is 1. The van der Waals surface area contributed by atoms with Crippen LogP contribution in [0.5, 0.6) is 0 Å². The number of amides is 1. The van der Waals surface area contributed by atoms with Crippen LogP contribution < -0.4 is 10.9 Å². The summed E-state index contributed by atoms with van der Waals surface area (Å²) in [5, 5.41) is 2.84. The molecule has 9 heteroatoms. The monoisotopic (exact) mass is 482 g/mol. The van der Waals surface area contributed by atoms with Crippen LogP contribution in [0.4, 0.5) is 0 Å². The van der Waals surface area contributed by atoms with Crippen molar-refractivity contribution in [2.75, 3.05) is 13.1 Å². The third-order valence-corrected chi connectivity index (χ3v) is 8.58. The maximum atomic E-state index is 13.3. The number of para-hydroxylation sites is 1. The summed E-state index contributed by atoms with van der Waals surface area (Å²) in [4.78, 5) is 25.7. The molecule has 0 unspecified atom stereocenters. The van der Waals surface area contributed by atoms with Crippen LogP contribution in [0.25, 0.3) is 5.69 Å². The Kier molecular flexibility index (Phi) is 6.77. The second-order valence-electron chi connectivity index (χ2n) is 8.83. The van der Waals surface area contributed by atoms with Gasteiger partial charge in [0, 0.05) is 43.3 Å². The first-order chi connectivity index (χ1) is 16.2. The van der Waals surface area contributed by atoms with E-state index >= 15 is 0 Å². The lowest BCUT2D eigenvalue weighted by atomic mass is 10.0. The zero-order valence-electron chi connectivity index (χ0n) is 19.7. The van der Waals surface area contributed by atoms with E-state index in [1.807, 2.05) is 30.3 Å². The molecule has 3 aromatic rings. The number of nitrogens with one attached hydrogen (secondary N) is 1. The van der Waals surface area contributed by atoms with Gasteiger partial charge in [-0.25, -0.2) is 8.42 Å². The Hall–Kier alpha value is -3.17. The van der Waals surface area contributed by atoms with Crippen LogP contribution in [0.1, 0.15) is 41.6 Å². The van der Waals surface area contributed by atoms with E-state index in [0.717, 1.165) is 12.8 Å². The van der Waals surface area contributed by atoms with E-state index in [2.05, 4.69) is 12.2 Å². The molecule has 0 saturated carbocycles. The lowest BCUT2D eigenvalue weighted by molar-refractivity contribution is 0.0941. The van der Waals surface area contributed by atoms with E-state index < -0.39 is 15.9 Å². The molecule has 1 N–H and O–H groups in total. The maximum Gasteiger partial charge on any atom is 0.268 e. The Morgan fingerprint density at radius 2 is 1.74 bits per heavy atom. The number of rotatable bonds is 6. The molecule has 1 saturated heterocycles. The number of hydrogen-bond donors (Lipinski definition) is 1. The summed E-state index contributed by atoms with van der Waals surface area (Å²) in [5.41, 5.74) is 1.90. The van der Waals surface area contributed by atoms with Gasteiger partial charge in [0.2, 0.25) is 10.0 Å². The minimum Gasteiger partial charge on any atom is -0.345 e. The molecule has 3 heterocycles. The zero-order valence-corrected chi connectivity index (χ0v) is 20.5. The largest absolute Gasteiger partial charge is 0.345 e. The SMILES string of the molecule is Cc1c(S(=O)(=O)N2CCC(C)CC2)cc(C(=O)NCc2cccc(=O)n2-c2ccccc2)n1C. The summed E-state index contributed by atoms with van der Waals surface area (Å²) in [5.74, 6) is 0.103. The van der Waals surface area contributed by atoms with Gasteiger partial charge in [-0.1, -0.05) is 31.2 Å². The van der Waals surface area contributed by atoms with Crippen molar-refractivity contribution in [3.8, 4) is 5.69 Å². The third-order valence-electron chi connectivity index (χ3n) is 6.56. The molecule has 1 fully saturated rings. The summed E-state index contributed by atoms with van der Waals surface area (Å²) in [6, 6.07) is 15.6. The standard InChI is InChI=1S/C25H30N4O4S/c1-18-12-14-28(15-13-18)34(32,33)23-16-22(27(3)19(23)2)25(31)26-17-21-10-7-11-24(30)29(21)20-8-5-4-6-9-20/h4-11,16,18H,12-15,17H2,1-3H3,(H,26,31). The Balaban J connectivity index is 1.57.